The van der Waals surface area contributed by atoms with E-state index in [1.54, 1.807) is 6.20 Å². The van der Waals surface area contributed by atoms with Crippen LogP contribution < -0.4 is 5.56 Å². The fourth-order valence-corrected chi connectivity index (χ4v) is 5.18. The molecule has 0 unspecified atom stereocenters. The third-order valence-corrected chi connectivity index (χ3v) is 7.20. The maximum Gasteiger partial charge on any atom is 0.259 e. The van der Waals surface area contributed by atoms with Crippen molar-refractivity contribution in [3.63, 3.8) is 0 Å². The van der Waals surface area contributed by atoms with Crippen LogP contribution in [0.2, 0.25) is 0 Å². The van der Waals surface area contributed by atoms with Gasteiger partial charge in [0.2, 0.25) is 0 Å². The number of aromatic nitrogens is 3. The summed E-state index contributed by atoms with van der Waals surface area (Å²) in [5, 5.41) is 6.01. The third-order valence-electron chi connectivity index (χ3n) is 7.20. The van der Waals surface area contributed by atoms with Crippen molar-refractivity contribution in [1.82, 2.24) is 24.6 Å². The highest BCUT2D eigenvalue weighted by molar-refractivity contribution is 6.07. The molecule has 1 aromatic carbocycles. The Balaban J connectivity index is 0.00000259. The summed E-state index contributed by atoms with van der Waals surface area (Å²) in [6.45, 7) is 12.0. The molecule has 1 aliphatic carbocycles. The zero-order valence-electron chi connectivity index (χ0n) is 19.9. The molecule has 1 saturated heterocycles. The monoisotopic (exact) mass is 471 g/mol. The molecule has 3 aromatic rings. The van der Waals surface area contributed by atoms with Gasteiger partial charge < -0.3 is 9.88 Å². The number of pyridine rings is 1. The molecule has 3 heterocycles. The molecule has 0 spiro atoms. The summed E-state index contributed by atoms with van der Waals surface area (Å²) in [5.74, 6) is 0.716. The molecule has 2 aliphatic rings. The van der Waals surface area contributed by atoms with Crippen molar-refractivity contribution in [3.05, 3.63) is 39.8 Å². The number of aromatic amines is 1. The SMILES string of the molecule is CCCN1C[C@H](C)N(C(=O)c2cc3c(cc2C)[nH]c(=O)c2cnn(CC4CC4)c23)C[C@H]1C.Cl. The number of rotatable bonds is 5. The molecule has 8 heteroatoms. The first-order valence-corrected chi connectivity index (χ1v) is 11.9. The van der Waals surface area contributed by atoms with Crippen LogP contribution in [-0.2, 0) is 6.54 Å². The standard InChI is InChI=1S/C25H33N5O2.ClH/c1-5-8-28-12-17(4)29(13-16(28)3)25(32)19-10-20-22(9-15(19)2)27-24(31)21-11-26-30(23(20)21)14-18-6-7-18;/h9-11,16-18H,5-8,12-14H2,1-4H3,(H,27,31);1H/t16-,17+;/m1./s1. The van der Waals surface area contributed by atoms with Crippen LogP contribution in [0, 0.1) is 12.8 Å². The number of piperazine rings is 1. The van der Waals surface area contributed by atoms with Gasteiger partial charge in [-0.2, -0.15) is 5.10 Å². The number of hydrogen-bond acceptors (Lipinski definition) is 4. The van der Waals surface area contributed by atoms with Crippen molar-refractivity contribution < 1.29 is 4.79 Å². The van der Waals surface area contributed by atoms with Crippen LogP contribution in [0.3, 0.4) is 0 Å². The molecule has 1 saturated carbocycles. The van der Waals surface area contributed by atoms with E-state index < -0.39 is 0 Å². The van der Waals surface area contributed by atoms with E-state index in [-0.39, 0.29) is 29.9 Å². The van der Waals surface area contributed by atoms with Crippen molar-refractivity contribution in [1.29, 1.82) is 0 Å². The summed E-state index contributed by atoms with van der Waals surface area (Å²) >= 11 is 0. The van der Waals surface area contributed by atoms with E-state index in [2.05, 4.69) is 35.8 Å². The molecule has 1 amide bonds. The van der Waals surface area contributed by atoms with Gasteiger partial charge in [0, 0.05) is 42.7 Å². The fraction of sp³-hybridized carbons (Fsp3) is 0.560. The molecule has 2 atom stereocenters. The highest BCUT2D eigenvalue weighted by Crippen LogP contribution is 2.33. The van der Waals surface area contributed by atoms with Crippen LogP contribution in [0.4, 0.5) is 0 Å². The Labute approximate surface area is 200 Å². The maximum atomic E-state index is 13.7. The first-order valence-electron chi connectivity index (χ1n) is 11.9. The summed E-state index contributed by atoms with van der Waals surface area (Å²) in [6.07, 6.45) is 5.21. The number of carbonyl (C=O) groups excluding carboxylic acids is 1. The van der Waals surface area contributed by atoms with E-state index in [1.165, 1.54) is 12.8 Å². The average Bonchev–Trinajstić information content (AvgIpc) is 3.47. The summed E-state index contributed by atoms with van der Waals surface area (Å²) < 4.78 is 1.96. The van der Waals surface area contributed by atoms with Crippen LogP contribution in [0.1, 0.15) is 56.0 Å². The average molecular weight is 472 g/mol. The molecule has 178 valence electrons. The number of nitrogens with zero attached hydrogens (tertiary/aromatic N) is 4. The number of fused-ring (bicyclic) bond motifs is 3. The van der Waals surface area contributed by atoms with Crippen LogP contribution in [0.25, 0.3) is 21.8 Å². The van der Waals surface area contributed by atoms with Crippen molar-refractivity contribution in [3.8, 4) is 0 Å². The largest absolute Gasteiger partial charge is 0.333 e. The number of benzene rings is 1. The van der Waals surface area contributed by atoms with Gasteiger partial charge in [0.1, 0.15) is 0 Å². The van der Waals surface area contributed by atoms with E-state index in [1.807, 2.05) is 28.6 Å². The van der Waals surface area contributed by atoms with E-state index in [4.69, 9.17) is 0 Å². The predicted octanol–water partition coefficient (Wildman–Crippen LogP) is 3.96. The Morgan fingerprint density at radius 2 is 1.91 bits per heavy atom. The molecule has 0 radical (unpaired) electrons. The summed E-state index contributed by atoms with van der Waals surface area (Å²) in [5.41, 5.74) is 3.10. The van der Waals surface area contributed by atoms with Gasteiger partial charge >= 0.3 is 0 Å². The summed E-state index contributed by atoms with van der Waals surface area (Å²) in [4.78, 5) is 33.9. The second-order valence-corrected chi connectivity index (χ2v) is 9.85. The van der Waals surface area contributed by atoms with E-state index >= 15 is 0 Å². The minimum atomic E-state index is -0.123. The highest BCUT2D eigenvalue weighted by atomic mass is 35.5. The Morgan fingerprint density at radius 1 is 1.15 bits per heavy atom. The number of H-pyrrole nitrogens is 1. The van der Waals surface area contributed by atoms with E-state index in [0.717, 1.165) is 54.6 Å². The van der Waals surface area contributed by atoms with Gasteiger partial charge in [-0.3, -0.25) is 19.2 Å². The molecule has 7 nitrogen and oxygen atoms in total. The maximum absolute atomic E-state index is 13.7. The van der Waals surface area contributed by atoms with Crippen LogP contribution in [0.5, 0.6) is 0 Å². The van der Waals surface area contributed by atoms with Crippen LogP contribution in [-0.4, -0.2) is 62.2 Å². The van der Waals surface area contributed by atoms with Gasteiger partial charge in [0.25, 0.3) is 11.5 Å². The second kappa shape index (κ2) is 9.11. The molecule has 5 rings (SSSR count). The van der Waals surface area contributed by atoms with E-state index in [9.17, 15) is 9.59 Å². The van der Waals surface area contributed by atoms with E-state index in [0.29, 0.717) is 22.9 Å². The number of nitrogens with one attached hydrogen (secondary N) is 1. The van der Waals surface area contributed by atoms with Gasteiger partial charge in [-0.05, 0) is 70.2 Å². The summed E-state index contributed by atoms with van der Waals surface area (Å²) in [6, 6.07) is 4.43. The summed E-state index contributed by atoms with van der Waals surface area (Å²) in [7, 11) is 0. The lowest BCUT2D eigenvalue weighted by atomic mass is 10.00. The third kappa shape index (κ3) is 4.28. The van der Waals surface area contributed by atoms with Gasteiger partial charge in [0.05, 0.1) is 22.6 Å². The first kappa shape index (κ1) is 23.8. The molecule has 33 heavy (non-hydrogen) atoms. The number of aryl methyl sites for hydroxylation is 1. The first-order chi connectivity index (χ1) is 15.4. The molecular weight excluding hydrogens is 438 g/mol. The lowest BCUT2D eigenvalue weighted by Gasteiger charge is -2.44. The fourth-order valence-electron chi connectivity index (χ4n) is 5.18. The van der Waals surface area contributed by atoms with Crippen molar-refractivity contribution >= 4 is 40.1 Å². The van der Waals surface area contributed by atoms with Crippen molar-refractivity contribution in [2.45, 2.75) is 65.6 Å². The Bertz CT molecular complexity index is 1250. The smallest absolute Gasteiger partial charge is 0.259 e. The number of hydrogen-bond donors (Lipinski definition) is 1. The van der Waals surface area contributed by atoms with Gasteiger partial charge in [0.15, 0.2) is 0 Å². The van der Waals surface area contributed by atoms with Crippen LogP contribution in [0.15, 0.2) is 23.1 Å². The van der Waals surface area contributed by atoms with Gasteiger partial charge in [-0.1, -0.05) is 6.92 Å². The lowest BCUT2D eigenvalue weighted by Crippen LogP contribution is -2.58. The number of halogens is 1. The Hall–Kier alpha value is -2.38. The quantitative estimate of drug-likeness (QED) is 0.611. The molecule has 1 aliphatic heterocycles. The normalized spacial score (nSPS) is 21.5. The molecule has 1 N–H and O–H groups in total. The minimum absolute atomic E-state index is 0. The zero-order chi connectivity index (χ0) is 22.6. The Kier molecular flexibility index (Phi) is 6.56. The van der Waals surface area contributed by atoms with Crippen molar-refractivity contribution in [2.24, 2.45) is 5.92 Å². The highest BCUT2D eigenvalue weighted by Gasteiger charge is 2.33. The zero-order valence-corrected chi connectivity index (χ0v) is 20.7. The topological polar surface area (TPSA) is 74.2 Å². The van der Waals surface area contributed by atoms with Gasteiger partial charge in [-0.25, -0.2) is 0 Å². The number of amides is 1. The molecule has 2 aromatic heterocycles. The second-order valence-electron chi connectivity index (χ2n) is 9.85. The van der Waals surface area contributed by atoms with Crippen molar-refractivity contribution in [2.75, 3.05) is 19.6 Å². The molecule has 0 bridgehead atoms. The molecular formula is C25H34ClN5O2. The Morgan fingerprint density at radius 3 is 2.61 bits per heavy atom. The predicted molar refractivity (Wildman–Crippen MR) is 134 cm³/mol. The van der Waals surface area contributed by atoms with Crippen LogP contribution >= 0.6 is 12.4 Å². The van der Waals surface area contributed by atoms with Gasteiger partial charge in [-0.15, -0.1) is 12.4 Å². The number of carbonyl (C=O) groups is 1. The lowest BCUT2D eigenvalue weighted by molar-refractivity contribution is 0.0318. The minimum Gasteiger partial charge on any atom is -0.333 e. The molecule has 2 fully saturated rings.